The summed E-state index contributed by atoms with van der Waals surface area (Å²) in [7, 11) is 0. The molecule has 132 valence electrons. The fraction of sp³-hybridized carbons (Fsp3) is 0.421. The summed E-state index contributed by atoms with van der Waals surface area (Å²) in [4.78, 5) is 23.2. The molecule has 0 aliphatic carbocycles. The first-order valence-electron chi connectivity index (χ1n) is 8.70. The molecule has 1 aromatic heterocycles. The average Bonchev–Trinajstić information content (AvgIpc) is 2.61. The quantitative estimate of drug-likeness (QED) is 0.650. The molecule has 2 aromatic rings. The number of piperidine rings is 1. The van der Waals surface area contributed by atoms with Crippen LogP contribution in [-0.4, -0.2) is 34.2 Å². The fourth-order valence-corrected chi connectivity index (χ4v) is 3.73. The number of anilines is 2. The van der Waals surface area contributed by atoms with Gasteiger partial charge in [-0.25, -0.2) is 9.97 Å². The molecule has 1 aromatic carbocycles. The Balaban J connectivity index is 1.57. The van der Waals surface area contributed by atoms with Gasteiger partial charge in [0, 0.05) is 24.3 Å². The number of aryl methyl sites for hydroxylation is 1. The number of hydrogen-bond acceptors (Lipinski definition) is 5. The van der Waals surface area contributed by atoms with Crippen molar-refractivity contribution in [3.05, 3.63) is 42.2 Å². The van der Waals surface area contributed by atoms with Crippen molar-refractivity contribution in [3.63, 3.8) is 0 Å². The largest absolute Gasteiger partial charge is 0.354 e. The Morgan fingerprint density at radius 2 is 2.20 bits per heavy atom. The Bertz CT molecular complexity index is 737. The lowest BCUT2D eigenvalue weighted by Gasteiger charge is -2.34. The van der Waals surface area contributed by atoms with Gasteiger partial charge in [0.15, 0.2) is 0 Å². The topological polar surface area (TPSA) is 58.1 Å². The van der Waals surface area contributed by atoms with E-state index in [-0.39, 0.29) is 5.91 Å². The molecule has 0 spiro atoms. The number of hydrogen-bond donors (Lipinski definition) is 1. The van der Waals surface area contributed by atoms with Crippen molar-refractivity contribution < 1.29 is 4.79 Å². The van der Waals surface area contributed by atoms with Crippen LogP contribution in [0, 0.1) is 6.92 Å². The van der Waals surface area contributed by atoms with Crippen molar-refractivity contribution in [1.29, 1.82) is 0 Å². The lowest BCUT2D eigenvalue weighted by molar-refractivity contribution is -0.113. The standard InChI is InChI=1S/C19H24N4OS/c1-14-6-5-8-16(10-14)22-18(24)12-25-19-11-17(20-13-21-19)23-9-4-3-7-15(23)2/h5-6,8,10-11,13,15H,3-4,7,9,12H2,1-2H3,(H,22,24). The highest BCUT2D eigenvalue weighted by Gasteiger charge is 2.20. The SMILES string of the molecule is Cc1cccc(NC(=O)CSc2cc(N3CCCCC3C)ncn2)c1. The van der Waals surface area contributed by atoms with Crippen molar-refractivity contribution in [2.45, 2.75) is 44.2 Å². The zero-order valence-electron chi connectivity index (χ0n) is 14.7. The highest BCUT2D eigenvalue weighted by molar-refractivity contribution is 7.99. The highest BCUT2D eigenvalue weighted by Crippen LogP contribution is 2.25. The van der Waals surface area contributed by atoms with Crippen molar-refractivity contribution in [1.82, 2.24) is 9.97 Å². The lowest BCUT2D eigenvalue weighted by Crippen LogP contribution is -2.38. The number of rotatable bonds is 5. The number of thioether (sulfide) groups is 1. The second-order valence-corrected chi connectivity index (χ2v) is 7.45. The van der Waals surface area contributed by atoms with E-state index in [9.17, 15) is 4.79 Å². The molecule has 0 saturated carbocycles. The van der Waals surface area contributed by atoms with Crippen LogP contribution in [0.2, 0.25) is 0 Å². The van der Waals surface area contributed by atoms with E-state index >= 15 is 0 Å². The third kappa shape index (κ3) is 4.95. The molecule has 25 heavy (non-hydrogen) atoms. The van der Waals surface area contributed by atoms with Crippen LogP contribution in [0.15, 0.2) is 41.7 Å². The summed E-state index contributed by atoms with van der Waals surface area (Å²) in [6, 6.07) is 10.3. The molecule has 1 unspecified atom stereocenters. The first-order chi connectivity index (χ1) is 12.1. The summed E-state index contributed by atoms with van der Waals surface area (Å²) in [5.74, 6) is 1.27. The van der Waals surface area contributed by atoms with E-state index in [1.165, 1.54) is 31.0 Å². The molecule has 1 atom stereocenters. The van der Waals surface area contributed by atoms with Gasteiger partial charge >= 0.3 is 0 Å². The molecule has 0 bridgehead atoms. The maximum absolute atomic E-state index is 12.1. The molecular weight excluding hydrogens is 332 g/mol. The van der Waals surface area contributed by atoms with Crippen LogP contribution in [0.1, 0.15) is 31.7 Å². The van der Waals surface area contributed by atoms with Crippen LogP contribution in [-0.2, 0) is 4.79 Å². The molecule has 5 nitrogen and oxygen atoms in total. The molecular formula is C19H24N4OS. The summed E-state index contributed by atoms with van der Waals surface area (Å²) < 4.78 is 0. The van der Waals surface area contributed by atoms with Gasteiger partial charge < -0.3 is 10.2 Å². The molecule has 1 amide bonds. The normalized spacial score (nSPS) is 17.4. The van der Waals surface area contributed by atoms with Gasteiger partial charge in [-0.05, 0) is 50.8 Å². The highest BCUT2D eigenvalue weighted by atomic mass is 32.2. The summed E-state index contributed by atoms with van der Waals surface area (Å²) in [5, 5.41) is 3.76. The Labute approximate surface area is 153 Å². The maximum atomic E-state index is 12.1. The fourth-order valence-electron chi connectivity index (χ4n) is 3.06. The second kappa shape index (κ2) is 8.34. The minimum absolute atomic E-state index is 0.0258. The number of benzene rings is 1. The average molecular weight is 356 g/mol. The Morgan fingerprint density at radius 1 is 1.32 bits per heavy atom. The summed E-state index contributed by atoms with van der Waals surface area (Å²) in [6.07, 6.45) is 5.28. The number of nitrogens with zero attached hydrogens (tertiary/aromatic N) is 3. The first kappa shape index (κ1) is 17.7. The smallest absolute Gasteiger partial charge is 0.234 e. The Morgan fingerprint density at radius 3 is 3.00 bits per heavy atom. The van der Waals surface area contributed by atoms with E-state index in [1.54, 1.807) is 6.33 Å². The summed E-state index contributed by atoms with van der Waals surface area (Å²) in [5.41, 5.74) is 1.96. The van der Waals surface area contributed by atoms with Crippen molar-refractivity contribution in [3.8, 4) is 0 Å². The number of nitrogens with one attached hydrogen (secondary N) is 1. The predicted octanol–water partition coefficient (Wildman–Crippen LogP) is 3.89. The lowest BCUT2D eigenvalue weighted by atomic mass is 10.0. The second-order valence-electron chi connectivity index (χ2n) is 6.46. The Kier molecular flexibility index (Phi) is 5.91. The molecule has 1 N–H and O–H groups in total. The van der Waals surface area contributed by atoms with Gasteiger partial charge in [-0.2, -0.15) is 0 Å². The van der Waals surface area contributed by atoms with Crippen molar-refractivity contribution in [2.24, 2.45) is 0 Å². The first-order valence-corrected chi connectivity index (χ1v) is 9.68. The molecule has 3 rings (SSSR count). The van der Waals surface area contributed by atoms with Gasteiger partial charge in [-0.3, -0.25) is 4.79 Å². The molecule has 1 aliphatic rings. The van der Waals surface area contributed by atoms with Crippen LogP contribution >= 0.6 is 11.8 Å². The van der Waals surface area contributed by atoms with E-state index < -0.39 is 0 Å². The van der Waals surface area contributed by atoms with Crippen LogP contribution in [0.4, 0.5) is 11.5 Å². The van der Waals surface area contributed by atoms with E-state index in [4.69, 9.17) is 0 Å². The third-order valence-corrected chi connectivity index (χ3v) is 5.30. The van der Waals surface area contributed by atoms with Gasteiger partial charge in [0.1, 0.15) is 17.2 Å². The van der Waals surface area contributed by atoms with Gasteiger partial charge in [-0.15, -0.1) is 0 Å². The summed E-state index contributed by atoms with van der Waals surface area (Å²) in [6.45, 7) is 5.29. The zero-order chi connectivity index (χ0) is 17.6. The number of aromatic nitrogens is 2. The Hall–Kier alpha value is -2.08. The molecule has 1 fully saturated rings. The van der Waals surface area contributed by atoms with E-state index in [0.717, 1.165) is 28.6 Å². The van der Waals surface area contributed by atoms with Crippen molar-refractivity contribution in [2.75, 3.05) is 22.5 Å². The minimum atomic E-state index is -0.0258. The van der Waals surface area contributed by atoms with E-state index in [0.29, 0.717) is 11.8 Å². The molecule has 6 heteroatoms. The minimum Gasteiger partial charge on any atom is -0.354 e. The number of carbonyl (C=O) groups excluding carboxylic acids is 1. The van der Waals surface area contributed by atoms with E-state index in [2.05, 4.69) is 27.1 Å². The monoisotopic (exact) mass is 356 g/mol. The molecule has 1 aliphatic heterocycles. The van der Waals surface area contributed by atoms with Gasteiger partial charge in [0.25, 0.3) is 0 Å². The van der Waals surface area contributed by atoms with Crippen LogP contribution in [0.5, 0.6) is 0 Å². The van der Waals surface area contributed by atoms with Crippen molar-refractivity contribution >= 4 is 29.2 Å². The number of carbonyl (C=O) groups is 1. The molecule has 0 radical (unpaired) electrons. The third-order valence-electron chi connectivity index (χ3n) is 4.38. The van der Waals surface area contributed by atoms with Crippen LogP contribution < -0.4 is 10.2 Å². The van der Waals surface area contributed by atoms with Crippen LogP contribution in [0.3, 0.4) is 0 Å². The predicted molar refractivity (Wildman–Crippen MR) is 103 cm³/mol. The maximum Gasteiger partial charge on any atom is 0.234 e. The number of amides is 1. The summed E-state index contributed by atoms with van der Waals surface area (Å²) >= 11 is 1.44. The van der Waals surface area contributed by atoms with Crippen LogP contribution in [0.25, 0.3) is 0 Å². The molecule has 2 heterocycles. The van der Waals surface area contributed by atoms with Gasteiger partial charge in [-0.1, -0.05) is 23.9 Å². The molecule has 1 saturated heterocycles. The van der Waals surface area contributed by atoms with Gasteiger partial charge in [0.2, 0.25) is 5.91 Å². The van der Waals surface area contributed by atoms with E-state index in [1.807, 2.05) is 37.3 Å². The zero-order valence-corrected chi connectivity index (χ0v) is 15.6. The van der Waals surface area contributed by atoms with Gasteiger partial charge in [0.05, 0.1) is 5.75 Å².